The number of carbonyl (C=O) groups is 2. The summed E-state index contributed by atoms with van der Waals surface area (Å²) in [5, 5.41) is 3.25. The monoisotopic (exact) mass is 587 g/mol. The van der Waals surface area contributed by atoms with E-state index >= 15 is 0 Å². The number of hydrogen-bond donors (Lipinski definition) is 1. The molecule has 0 bridgehead atoms. The van der Waals surface area contributed by atoms with Crippen LogP contribution in [0.3, 0.4) is 0 Å². The molecule has 2 atom stereocenters. The number of halogens is 2. The third-order valence-electron chi connectivity index (χ3n) is 6.69. The van der Waals surface area contributed by atoms with Crippen molar-refractivity contribution >= 4 is 39.1 Å². The van der Waals surface area contributed by atoms with Crippen molar-refractivity contribution < 1.29 is 22.4 Å². The Kier molecular flexibility index (Phi) is 10.7. The highest BCUT2D eigenvalue weighted by atomic mass is 35.5. The van der Waals surface area contributed by atoms with Gasteiger partial charge in [-0.2, -0.15) is 0 Å². The molecule has 1 N–H and O–H groups in total. The Morgan fingerprint density at radius 1 is 1.02 bits per heavy atom. The summed E-state index contributed by atoms with van der Waals surface area (Å²) in [4.78, 5) is 29.0. The maximum atomic E-state index is 14.8. The van der Waals surface area contributed by atoms with Crippen molar-refractivity contribution in [2.24, 2.45) is 0 Å². The number of hydrogen-bond acceptors (Lipinski definition) is 4. The average Bonchev–Trinajstić information content (AvgIpc) is 2.91. The molecule has 3 aromatic rings. The van der Waals surface area contributed by atoms with E-state index in [0.29, 0.717) is 17.0 Å². The average molecular weight is 588 g/mol. The summed E-state index contributed by atoms with van der Waals surface area (Å²) in [6.45, 7) is 4.66. The van der Waals surface area contributed by atoms with E-state index in [1.165, 1.54) is 29.2 Å². The summed E-state index contributed by atoms with van der Waals surface area (Å²) in [5.74, 6) is -1.60. The molecule has 0 saturated carbocycles. The van der Waals surface area contributed by atoms with E-state index in [0.717, 1.165) is 16.1 Å². The van der Waals surface area contributed by atoms with Crippen molar-refractivity contribution in [3.63, 3.8) is 0 Å². The van der Waals surface area contributed by atoms with Gasteiger partial charge < -0.3 is 10.2 Å². The van der Waals surface area contributed by atoms with Crippen LogP contribution in [0.4, 0.5) is 10.1 Å². The molecule has 2 amide bonds. The van der Waals surface area contributed by atoms with Crippen LogP contribution >= 0.6 is 11.6 Å². The Balaban J connectivity index is 2.10. The van der Waals surface area contributed by atoms with E-state index in [1.54, 1.807) is 25.1 Å². The first kappa shape index (κ1) is 31.1. The van der Waals surface area contributed by atoms with Gasteiger partial charge in [-0.05, 0) is 49.6 Å². The van der Waals surface area contributed by atoms with Gasteiger partial charge in [0.15, 0.2) is 0 Å². The molecule has 0 radical (unpaired) electrons. The van der Waals surface area contributed by atoms with Gasteiger partial charge in [0.1, 0.15) is 18.4 Å². The van der Waals surface area contributed by atoms with Gasteiger partial charge >= 0.3 is 0 Å². The van der Waals surface area contributed by atoms with Crippen molar-refractivity contribution in [3.05, 3.63) is 100 Å². The lowest BCUT2D eigenvalue weighted by molar-refractivity contribution is -0.140. The van der Waals surface area contributed by atoms with Crippen molar-refractivity contribution in [1.29, 1.82) is 0 Å². The number of sulfonamides is 1. The van der Waals surface area contributed by atoms with Gasteiger partial charge in [0, 0.05) is 29.6 Å². The normalized spacial score (nSPS) is 12.8. The number of carbonyl (C=O) groups excluding carboxylic acids is 2. The second-order valence-corrected chi connectivity index (χ2v) is 12.2. The minimum absolute atomic E-state index is 0.151. The van der Waals surface area contributed by atoms with Gasteiger partial charge in [-0.3, -0.25) is 13.9 Å². The Hall–Kier alpha value is -3.43. The molecule has 0 saturated heterocycles. The summed E-state index contributed by atoms with van der Waals surface area (Å²) < 4.78 is 41.6. The third-order valence-corrected chi connectivity index (χ3v) is 8.05. The second-order valence-electron chi connectivity index (χ2n) is 9.84. The second kappa shape index (κ2) is 13.8. The molecule has 0 aliphatic heterocycles. The summed E-state index contributed by atoms with van der Waals surface area (Å²) in [5.41, 5.74) is 1.84. The first-order chi connectivity index (χ1) is 18.9. The SMILES string of the molecule is CCC(C)NC(=O)C(Cc1ccccc1)N(Cc1ccccc1F)C(=O)CN(c1cc(Cl)ccc1C)S(C)(=O)=O. The van der Waals surface area contributed by atoms with Crippen molar-refractivity contribution in [3.8, 4) is 0 Å². The largest absolute Gasteiger partial charge is 0.352 e. The fraction of sp³-hybridized carbons (Fsp3) is 0.333. The number of benzene rings is 3. The number of anilines is 1. The summed E-state index contributed by atoms with van der Waals surface area (Å²) in [7, 11) is -3.94. The van der Waals surface area contributed by atoms with Crippen LogP contribution in [0.25, 0.3) is 0 Å². The van der Waals surface area contributed by atoms with Crippen LogP contribution in [0.5, 0.6) is 0 Å². The molecule has 7 nitrogen and oxygen atoms in total. The molecule has 0 aliphatic rings. The first-order valence-corrected chi connectivity index (χ1v) is 15.2. The highest BCUT2D eigenvalue weighted by Gasteiger charge is 2.34. The standard InChI is InChI=1S/C30H35ClFN3O4S/c1-5-22(3)33-30(37)28(17-23-11-7-6-8-12-23)34(19-24-13-9-10-14-26(24)32)29(36)20-35(40(4,38)39)27-18-25(31)16-15-21(27)2/h6-16,18,22,28H,5,17,19-20H2,1-4H3,(H,33,37). The Bertz CT molecular complexity index is 1440. The molecule has 10 heteroatoms. The van der Waals surface area contributed by atoms with E-state index in [9.17, 15) is 22.4 Å². The van der Waals surface area contributed by atoms with Gasteiger partial charge in [0.05, 0.1) is 11.9 Å². The molecule has 0 spiro atoms. The molecule has 0 fully saturated rings. The molecule has 214 valence electrons. The highest BCUT2D eigenvalue weighted by Crippen LogP contribution is 2.27. The van der Waals surface area contributed by atoms with Gasteiger partial charge in [0.25, 0.3) is 0 Å². The Morgan fingerprint density at radius 3 is 2.30 bits per heavy atom. The van der Waals surface area contributed by atoms with E-state index < -0.39 is 40.2 Å². The van der Waals surface area contributed by atoms with Crippen LogP contribution in [-0.4, -0.2) is 50.0 Å². The van der Waals surface area contributed by atoms with Crippen molar-refractivity contribution in [2.45, 2.75) is 52.2 Å². The molecule has 0 heterocycles. The van der Waals surface area contributed by atoms with Gasteiger partial charge in [-0.15, -0.1) is 0 Å². The van der Waals surface area contributed by atoms with E-state index in [-0.39, 0.29) is 30.3 Å². The predicted molar refractivity (Wildman–Crippen MR) is 157 cm³/mol. The molecule has 3 rings (SSSR count). The van der Waals surface area contributed by atoms with Crippen molar-refractivity contribution in [2.75, 3.05) is 17.1 Å². The van der Waals surface area contributed by atoms with Gasteiger partial charge in [0.2, 0.25) is 21.8 Å². The maximum Gasteiger partial charge on any atom is 0.244 e. The van der Waals surface area contributed by atoms with Gasteiger partial charge in [-0.1, -0.05) is 73.1 Å². The van der Waals surface area contributed by atoms with Gasteiger partial charge in [-0.25, -0.2) is 12.8 Å². The topological polar surface area (TPSA) is 86.8 Å². The van der Waals surface area contributed by atoms with E-state index in [2.05, 4.69) is 5.32 Å². The highest BCUT2D eigenvalue weighted by molar-refractivity contribution is 7.92. The lowest BCUT2D eigenvalue weighted by Crippen LogP contribution is -2.54. The number of rotatable bonds is 12. The lowest BCUT2D eigenvalue weighted by atomic mass is 10.0. The Labute approximate surface area is 241 Å². The lowest BCUT2D eigenvalue weighted by Gasteiger charge is -2.34. The fourth-order valence-electron chi connectivity index (χ4n) is 4.25. The Morgan fingerprint density at radius 2 is 1.68 bits per heavy atom. The zero-order chi connectivity index (χ0) is 29.4. The zero-order valence-corrected chi connectivity index (χ0v) is 24.7. The quantitative estimate of drug-likeness (QED) is 0.319. The molecular formula is C30H35ClFN3O4S. The number of aryl methyl sites for hydroxylation is 1. The molecule has 0 aromatic heterocycles. The van der Waals surface area contributed by atoms with Crippen LogP contribution in [0.15, 0.2) is 72.8 Å². The van der Waals surface area contributed by atoms with Crippen LogP contribution in [0.2, 0.25) is 5.02 Å². The van der Waals surface area contributed by atoms with Crippen LogP contribution < -0.4 is 9.62 Å². The van der Waals surface area contributed by atoms with Crippen LogP contribution in [-0.2, 0) is 32.6 Å². The smallest absolute Gasteiger partial charge is 0.244 e. The molecule has 0 aliphatic carbocycles. The summed E-state index contributed by atoms with van der Waals surface area (Å²) in [6, 6.07) is 18.7. The molecule has 3 aromatic carbocycles. The van der Waals surface area contributed by atoms with Crippen LogP contribution in [0.1, 0.15) is 37.0 Å². The molecular weight excluding hydrogens is 553 g/mol. The molecule has 40 heavy (non-hydrogen) atoms. The zero-order valence-electron chi connectivity index (χ0n) is 23.1. The fourth-order valence-corrected chi connectivity index (χ4v) is 5.32. The number of nitrogens with one attached hydrogen (secondary N) is 1. The molecule has 2 unspecified atom stereocenters. The third kappa shape index (κ3) is 8.29. The van der Waals surface area contributed by atoms with E-state index in [4.69, 9.17) is 11.6 Å². The maximum absolute atomic E-state index is 14.8. The number of amides is 2. The van der Waals surface area contributed by atoms with Crippen LogP contribution in [0, 0.1) is 12.7 Å². The predicted octanol–water partition coefficient (Wildman–Crippen LogP) is 5.11. The minimum atomic E-state index is -3.94. The summed E-state index contributed by atoms with van der Waals surface area (Å²) >= 11 is 6.17. The number of nitrogens with zero attached hydrogens (tertiary/aromatic N) is 2. The summed E-state index contributed by atoms with van der Waals surface area (Å²) in [6.07, 6.45) is 1.82. The minimum Gasteiger partial charge on any atom is -0.352 e. The van der Waals surface area contributed by atoms with E-state index in [1.807, 2.05) is 44.2 Å². The first-order valence-electron chi connectivity index (χ1n) is 13.0. The van der Waals surface area contributed by atoms with Crippen molar-refractivity contribution in [1.82, 2.24) is 10.2 Å².